The van der Waals surface area contributed by atoms with Gasteiger partial charge in [-0.3, -0.25) is 9.59 Å². The first-order chi connectivity index (χ1) is 13.1. The van der Waals surface area contributed by atoms with Crippen LogP contribution in [0.5, 0.6) is 5.75 Å². The molecule has 2 aromatic rings. The number of hydrogen-bond acceptors (Lipinski definition) is 3. The Balaban J connectivity index is 1.73. The largest absolute Gasteiger partial charge is 0.479 e. The van der Waals surface area contributed by atoms with Crippen molar-refractivity contribution in [2.24, 2.45) is 0 Å². The maximum Gasteiger partial charge on any atom is 0.416 e. The number of amides is 2. The van der Waals surface area contributed by atoms with Crippen molar-refractivity contribution >= 4 is 40.9 Å². The number of carbonyl (C=O) groups is 2. The fourth-order valence-corrected chi connectivity index (χ4v) is 2.66. The van der Waals surface area contributed by atoms with Gasteiger partial charge in [-0.05, 0) is 55.0 Å². The van der Waals surface area contributed by atoms with E-state index in [0.29, 0.717) is 17.1 Å². The molecule has 0 fully saturated rings. The third-order valence-corrected chi connectivity index (χ3v) is 4.26. The maximum absolute atomic E-state index is 12.8. The van der Waals surface area contributed by atoms with Crippen LogP contribution in [0.3, 0.4) is 0 Å². The first-order valence-corrected chi connectivity index (χ1v) is 8.48. The summed E-state index contributed by atoms with van der Waals surface area (Å²) < 4.78 is 43.8. The van der Waals surface area contributed by atoms with E-state index in [1.807, 2.05) is 0 Å². The summed E-state index contributed by atoms with van der Waals surface area (Å²) in [4.78, 5) is 23.7. The van der Waals surface area contributed by atoms with Crippen molar-refractivity contribution in [3.63, 3.8) is 0 Å². The molecule has 3 rings (SSSR count). The molecule has 1 aliphatic heterocycles. The Kier molecular flexibility index (Phi) is 5.33. The topological polar surface area (TPSA) is 67.4 Å². The van der Waals surface area contributed by atoms with E-state index in [-0.39, 0.29) is 16.5 Å². The van der Waals surface area contributed by atoms with Crippen LogP contribution < -0.4 is 15.4 Å². The van der Waals surface area contributed by atoms with Crippen LogP contribution in [0.2, 0.25) is 5.02 Å². The molecule has 9 heteroatoms. The SMILES string of the molecule is CC1Oc2ccc(NC(=O)/C=C/c3cc(C(F)(F)F)ccc3Cl)cc2NC1=O. The van der Waals surface area contributed by atoms with E-state index in [4.69, 9.17) is 16.3 Å². The van der Waals surface area contributed by atoms with E-state index in [0.717, 1.165) is 24.3 Å². The molecule has 1 heterocycles. The van der Waals surface area contributed by atoms with Gasteiger partial charge in [-0.2, -0.15) is 13.2 Å². The molecule has 2 amide bonds. The van der Waals surface area contributed by atoms with Crippen molar-refractivity contribution in [3.8, 4) is 5.75 Å². The highest BCUT2D eigenvalue weighted by Crippen LogP contribution is 2.33. The highest BCUT2D eigenvalue weighted by atomic mass is 35.5. The lowest BCUT2D eigenvalue weighted by atomic mass is 10.1. The number of alkyl halides is 3. The summed E-state index contributed by atoms with van der Waals surface area (Å²) in [5.41, 5.74) is -0.0175. The van der Waals surface area contributed by atoms with Gasteiger partial charge in [0.05, 0.1) is 11.3 Å². The molecule has 1 atom stereocenters. The quantitative estimate of drug-likeness (QED) is 0.719. The van der Waals surface area contributed by atoms with Gasteiger partial charge in [0.1, 0.15) is 5.75 Å². The monoisotopic (exact) mass is 410 g/mol. The number of hydrogen-bond donors (Lipinski definition) is 2. The highest BCUT2D eigenvalue weighted by molar-refractivity contribution is 6.32. The van der Waals surface area contributed by atoms with Crippen molar-refractivity contribution in [3.05, 3.63) is 58.6 Å². The summed E-state index contributed by atoms with van der Waals surface area (Å²) in [5.74, 6) is -0.420. The van der Waals surface area contributed by atoms with E-state index in [9.17, 15) is 22.8 Å². The normalized spacial score (nSPS) is 16.3. The minimum Gasteiger partial charge on any atom is -0.479 e. The van der Waals surface area contributed by atoms with Gasteiger partial charge in [0.25, 0.3) is 5.91 Å². The zero-order chi connectivity index (χ0) is 20.5. The third kappa shape index (κ3) is 4.45. The smallest absolute Gasteiger partial charge is 0.416 e. The molecule has 1 unspecified atom stereocenters. The molecule has 2 aromatic carbocycles. The van der Waals surface area contributed by atoms with Crippen LogP contribution in [0, 0.1) is 0 Å². The average molecular weight is 411 g/mol. The van der Waals surface area contributed by atoms with Crippen LogP contribution in [-0.2, 0) is 15.8 Å². The van der Waals surface area contributed by atoms with Crippen LogP contribution in [0.4, 0.5) is 24.5 Å². The van der Waals surface area contributed by atoms with E-state index >= 15 is 0 Å². The molecule has 1 aliphatic rings. The number of fused-ring (bicyclic) bond motifs is 1. The van der Waals surface area contributed by atoms with Gasteiger partial charge in [0.15, 0.2) is 6.10 Å². The second-order valence-corrected chi connectivity index (χ2v) is 6.42. The Labute approximate surface area is 163 Å². The Morgan fingerprint density at radius 1 is 1.25 bits per heavy atom. The molecular weight excluding hydrogens is 397 g/mol. The van der Waals surface area contributed by atoms with E-state index < -0.39 is 23.8 Å². The molecule has 0 spiro atoms. The van der Waals surface area contributed by atoms with Crippen LogP contribution in [0.25, 0.3) is 6.08 Å². The van der Waals surface area contributed by atoms with Gasteiger partial charge in [0, 0.05) is 16.8 Å². The first-order valence-electron chi connectivity index (χ1n) is 8.11. The molecule has 0 radical (unpaired) electrons. The second-order valence-electron chi connectivity index (χ2n) is 6.02. The van der Waals surface area contributed by atoms with Gasteiger partial charge < -0.3 is 15.4 Å². The zero-order valence-corrected chi connectivity index (χ0v) is 15.2. The maximum atomic E-state index is 12.8. The lowest BCUT2D eigenvalue weighted by molar-refractivity contribution is -0.137. The van der Waals surface area contributed by atoms with Crippen LogP contribution >= 0.6 is 11.6 Å². The average Bonchev–Trinajstić information content (AvgIpc) is 2.61. The number of ether oxygens (including phenoxy) is 1. The lowest BCUT2D eigenvalue weighted by Crippen LogP contribution is -2.34. The van der Waals surface area contributed by atoms with Crippen molar-refractivity contribution in [2.45, 2.75) is 19.2 Å². The summed E-state index contributed by atoms with van der Waals surface area (Å²) in [7, 11) is 0. The molecule has 0 saturated heterocycles. The fourth-order valence-electron chi connectivity index (χ4n) is 2.48. The number of benzene rings is 2. The van der Waals surface area contributed by atoms with Crippen LogP contribution in [0.15, 0.2) is 42.5 Å². The predicted molar refractivity (Wildman–Crippen MR) is 99.3 cm³/mol. The first kappa shape index (κ1) is 19.8. The minimum absolute atomic E-state index is 0.0618. The zero-order valence-electron chi connectivity index (χ0n) is 14.4. The Hall–Kier alpha value is -3.00. The molecule has 0 saturated carbocycles. The number of halogens is 4. The predicted octanol–water partition coefficient (Wildman–Crippen LogP) is 4.73. The minimum atomic E-state index is -4.51. The molecule has 2 N–H and O–H groups in total. The van der Waals surface area contributed by atoms with E-state index in [1.54, 1.807) is 19.1 Å². The Bertz CT molecular complexity index is 973. The lowest BCUT2D eigenvalue weighted by Gasteiger charge is -2.23. The summed E-state index contributed by atoms with van der Waals surface area (Å²) in [6.07, 6.45) is -2.87. The summed E-state index contributed by atoms with van der Waals surface area (Å²) >= 11 is 5.89. The molecule has 0 bridgehead atoms. The summed E-state index contributed by atoms with van der Waals surface area (Å²) in [5, 5.41) is 5.29. The molecular formula is C19H14ClF3N2O3. The van der Waals surface area contributed by atoms with Gasteiger partial charge in [0.2, 0.25) is 5.91 Å². The van der Waals surface area contributed by atoms with E-state index in [1.165, 1.54) is 12.1 Å². The van der Waals surface area contributed by atoms with Crippen molar-refractivity contribution < 1.29 is 27.5 Å². The number of anilines is 2. The molecule has 5 nitrogen and oxygen atoms in total. The van der Waals surface area contributed by atoms with Crippen molar-refractivity contribution in [2.75, 3.05) is 10.6 Å². The van der Waals surface area contributed by atoms with Gasteiger partial charge in [-0.15, -0.1) is 0 Å². The summed E-state index contributed by atoms with van der Waals surface area (Å²) in [6.45, 7) is 1.61. The number of carbonyl (C=O) groups excluding carboxylic acids is 2. The molecule has 0 aromatic heterocycles. The van der Waals surface area contributed by atoms with Crippen molar-refractivity contribution in [1.82, 2.24) is 0 Å². The summed E-state index contributed by atoms with van der Waals surface area (Å²) in [6, 6.07) is 7.53. The standard InChI is InChI=1S/C19H14ClF3N2O3/c1-10-18(27)25-15-9-13(4-6-16(15)28-10)24-17(26)7-2-11-8-12(19(21,22)23)3-5-14(11)20/h2-10H,1H3,(H,24,26)(H,25,27)/b7-2+. The third-order valence-electron chi connectivity index (χ3n) is 3.92. The Morgan fingerprint density at radius 2 is 2.00 bits per heavy atom. The number of rotatable bonds is 3. The van der Waals surface area contributed by atoms with Gasteiger partial charge in [-0.1, -0.05) is 11.6 Å². The molecule has 0 aliphatic carbocycles. The molecule has 28 heavy (non-hydrogen) atoms. The highest BCUT2D eigenvalue weighted by Gasteiger charge is 2.30. The fraction of sp³-hybridized carbons (Fsp3) is 0.158. The van der Waals surface area contributed by atoms with Crippen molar-refractivity contribution in [1.29, 1.82) is 0 Å². The molecule has 146 valence electrons. The van der Waals surface area contributed by atoms with Gasteiger partial charge >= 0.3 is 6.18 Å². The number of nitrogens with one attached hydrogen (secondary N) is 2. The van der Waals surface area contributed by atoms with E-state index in [2.05, 4.69) is 10.6 Å². The van der Waals surface area contributed by atoms with Crippen LogP contribution in [-0.4, -0.2) is 17.9 Å². The Morgan fingerprint density at radius 3 is 2.71 bits per heavy atom. The van der Waals surface area contributed by atoms with Gasteiger partial charge in [-0.25, -0.2) is 0 Å². The second kappa shape index (κ2) is 7.55. The van der Waals surface area contributed by atoms with Crippen LogP contribution in [0.1, 0.15) is 18.1 Å².